The number of carbonyl (C=O) groups is 1. The van der Waals surface area contributed by atoms with Gasteiger partial charge in [-0.25, -0.2) is 0 Å². The van der Waals surface area contributed by atoms with Gasteiger partial charge in [-0.1, -0.05) is 53.4 Å². The lowest BCUT2D eigenvalue weighted by atomic mass is 10.1. The summed E-state index contributed by atoms with van der Waals surface area (Å²) in [5, 5.41) is 0. The quantitative estimate of drug-likeness (QED) is 0.576. The molecule has 0 aromatic carbocycles. The average molecular weight is 172 g/mol. The molecule has 1 atom stereocenters. The number of rotatable bonds is 5. The molecule has 0 spiro atoms. The van der Waals surface area contributed by atoms with Crippen molar-refractivity contribution in [1.82, 2.24) is 0 Å². The Bertz CT molecular complexity index is 77.1. The molecule has 0 heterocycles. The summed E-state index contributed by atoms with van der Waals surface area (Å²) in [7, 11) is 0. The molecule has 1 nitrogen and oxygen atoms in total. The summed E-state index contributed by atoms with van der Waals surface area (Å²) in [5.41, 5.74) is 0. The Morgan fingerprint density at radius 3 is 1.83 bits per heavy atom. The summed E-state index contributed by atoms with van der Waals surface area (Å²) >= 11 is 0. The lowest BCUT2D eigenvalue weighted by Gasteiger charge is -1.97. The van der Waals surface area contributed by atoms with Gasteiger partial charge < -0.3 is 4.79 Å². The highest BCUT2D eigenvalue weighted by Crippen LogP contribution is 2.02. The van der Waals surface area contributed by atoms with Crippen molar-refractivity contribution < 1.29 is 4.79 Å². The third-order valence-electron chi connectivity index (χ3n) is 1.75. The van der Waals surface area contributed by atoms with E-state index in [-0.39, 0.29) is 5.92 Å². The van der Waals surface area contributed by atoms with Crippen molar-refractivity contribution in [2.75, 3.05) is 0 Å². The van der Waals surface area contributed by atoms with E-state index in [9.17, 15) is 4.79 Å². The van der Waals surface area contributed by atoms with Crippen LogP contribution in [0.3, 0.4) is 0 Å². The summed E-state index contributed by atoms with van der Waals surface area (Å²) in [4.78, 5) is 10.0. The monoisotopic (exact) mass is 172 g/mol. The first-order chi connectivity index (χ1) is 5.72. The second-order valence-corrected chi connectivity index (χ2v) is 3.26. The highest BCUT2D eigenvalue weighted by molar-refractivity contribution is 5.52. The van der Waals surface area contributed by atoms with Crippen molar-refractivity contribution in [2.24, 2.45) is 5.92 Å². The lowest BCUT2D eigenvalue weighted by molar-refractivity contribution is -0.110. The predicted molar refractivity (Wildman–Crippen MR) is 55.3 cm³/mol. The van der Waals surface area contributed by atoms with Gasteiger partial charge >= 0.3 is 0 Å². The van der Waals surface area contributed by atoms with Crippen LogP contribution in [0.1, 0.15) is 59.8 Å². The van der Waals surface area contributed by atoms with Gasteiger partial charge in [-0.3, -0.25) is 0 Å². The van der Waals surface area contributed by atoms with Crippen molar-refractivity contribution in [3.05, 3.63) is 0 Å². The van der Waals surface area contributed by atoms with Gasteiger partial charge in [0, 0.05) is 5.92 Å². The second kappa shape index (κ2) is 13.3. The maximum absolute atomic E-state index is 10.0. The molecular weight excluding hydrogens is 148 g/mol. The van der Waals surface area contributed by atoms with E-state index in [1.807, 2.05) is 6.92 Å². The van der Waals surface area contributed by atoms with Gasteiger partial charge in [0.2, 0.25) is 0 Å². The molecular formula is C11H24O. The summed E-state index contributed by atoms with van der Waals surface area (Å²) in [6, 6.07) is 0. The molecule has 0 N–H and O–H groups in total. The minimum atomic E-state index is 0.273. The van der Waals surface area contributed by atoms with Crippen LogP contribution in [0.15, 0.2) is 0 Å². The molecule has 0 aliphatic heterocycles. The third kappa shape index (κ3) is 16.3. The number of aldehydes is 1. The number of hydrogen-bond acceptors (Lipinski definition) is 1. The van der Waals surface area contributed by atoms with E-state index in [1.165, 1.54) is 25.7 Å². The van der Waals surface area contributed by atoms with Gasteiger partial charge in [-0.15, -0.1) is 0 Å². The molecule has 0 amide bonds. The summed E-state index contributed by atoms with van der Waals surface area (Å²) < 4.78 is 0. The standard InChI is InChI=1S/C7H14O.C4H10/c1-3-4-5-7(2)6-8;1-3-4-2/h6-7H,3-5H2,1-2H3;3-4H2,1-2H3. The minimum absolute atomic E-state index is 0.273. The molecule has 1 heteroatoms. The van der Waals surface area contributed by atoms with E-state index in [1.54, 1.807) is 0 Å². The first-order valence-electron chi connectivity index (χ1n) is 5.18. The van der Waals surface area contributed by atoms with Crippen molar-refractivity contribution in [2.45, 2.75) is 59.8 Å². The third-order valence-corrected chi connectivity index (χ3v) is 1.75. The van der Waals surface area contributed by atoms with Crippen LogP contribution in [-0.2, 0) is 4.79 Å². The average Bonchev–Trinajstić information content (AvgIpc) is 2.14. The van der Waals surface area contributed by atoms with Crippen LogP contribution in [0.4, 0.5) is 0 Å². The van der Waals surface area contributed by atoms with Crippen LogP contribution in [0.25, 0.3) is 0 Å². The molecule has 0 aromatic heterocycles. The Hall–Kier alpha value is -0.330. The molecule has 0 bridgehead atoms. The van der Waals surface area contributed by atoms with Crippen molar-refractivity contribution in [3.8, 4) is 0 Å². The Morgan fingerprint density at radius 2 is 1.58 bits per heavy atom. The van der Waals surface area contributed by atoms with E-state index in [0.717, 1.165) is 12.7 Å². The zero-order valence-electron chi connectivity index (χ0n) is 9.10. The van der Waals surface area contributed by atoms with Gasteiger partial charge in [0.1, 0.15) is 6.29 Å². The zero-order chi connectivity index (χ0) is 9.82. The summed E-state index contributed by atoms with van der Waals surface area (Å²) in [6.45, 7) is 8.46. The van der Waals surface area contributed by atoms with E-state index >= 15 is 0 Å². The minimum Gasteiger partial charge on any atom is -0.303 e. The summed E-state index contributed by atoms with van der Waals surface area (Å²) in [5.74, 6) is 0.273. The Kier molecular flexibility index (Phi) is 15.7. The number of unbranched alkanes of at least 4 members (excludes halogenated alkanes) is 2. The van der Waals surface area contributed by atoms with Gasteiger partial charge in [-0.2, -0.15) is 0 Å². The molecule has 0 aliphatic carbocycles. The van der Waals surface area contributed by atoms with Crippen LogP contribution < -0.4 is 0 Å². The van der Waals surface area contributed by atoms with Gasteiger partial charge in [0.25, 0.3) is 0 Å². The number of hydrogen-bond donors (Lipinski definition) is 0. The Labute approximate surface area is 77.6 Å². The number of carbonyl (C=O) groups excluding carboxylic acids is 1. The van der Waals surface area contributed by atoms with Crippen LogP contribution in [-0.4, -0.2) is 6.29 Å². The van der Waals surface area contributed by atoms with Gasteiger partial charge in [0.15, 0.2) is 0 Å². The topological polar surface area (TPSA) is 17.1 Å². The van der Waals surface area contributed by atoms with Crippen molar-refractivity contribution >= 4 is 6.29 Å². The van der Waals surface area contributed by atoms with Crippen molar-refractivity contribution in [3.63, 3.8) is 0 Å². The maximum Gasteiger partial charge on any atom is 0.122 e. The zero-order valence-corrected chi connectivity index (χ0v) is 9.10. The fourth-order valence-electron chi connectivity index (χ4n) is 0.594. The van der Waals surface area contributed by atoms with E-state index in [4.69, 9.17) is 0 Å². The van der Waals surface area contributed by atoms with E-state index in [0.29, 0.717) is 0 Å². The van der Waals surface area contributed by atoms with Gasteiger partial charge in [0.05, 0.1) is 0 Å². The SMILES string of the molecule is CCCC.CCCCC(C)C=O. The molecule has 0 saturated carbocycles. The second-order valence-electron chi connectivity index (χ2n) is 3.26. The first-order valence-corrected chi connectivity index (χ1v) is 5.18. The van der Waals surface area contributed by atoms with Gasteiger partial charge in [-0.05, 0) is 6.42 Å². The highest BCUT2D eigenvalue weighted by Gasteiger charge is 1.95. The van der Waals surface area contributed by atoms with E-state index in [2.05, 4.69) is 20.8 Å². The molecule has 0 fully saturated rings. The van der Waals surface area contributed by atoms with E-state index < -0.39 is 0 Å². The molecule has 0 radical (unpaired) electrons. The molecule has 0 rings (SSSR count). The molecule has 0 aromatic rings. The highest BCUT2D eigenvalue weighted by atomic mass is 16.1. The van der Waals surface area contributed by atoms with Crippen LogP contribution in [0.5, 0.6) is 0 Å². The molecule has 1 unspecified atom stereocenters. The van der Waals surface area contributed by atoms with Crippen LogP contribution >= 0.6 is 0 Å². The lowest BCUT2D eigenvalue weighted by Crippen LogP contribution is -1.93. The molecule has 12 heavy (non-hydrogen) atoms. The smallest absolute Gasteiger partial charge is 0.122 e. The Balaban J connectivity index is 0. The maximum atomic E-state index is 10.0. The van der Waals surface area contributed by atoms with Crippen LogP contribution in [0.2, 0.25) is 0 Å². The van der Waals surface area contributed by atoms with Crippen LogP contribution in [0, 0.1) is 5.92 Å². The molecule has 0 saturated heterocycles. The first kappa shape index (κ1) is 14.2. The predicted octanol–water partition coefficient (Wildman–Crippen LogP) is 3.82. The summed E-state index contributed by atoms with van der Waals surface area (Å²) in [6.07, 6.45) is 7.09. The van der Waals surface area contributed by atoms with Crippen molar-refractivity contribution in [1.29, 1.82) is 0 Å². The molecule has 0 aliphatic rings. The fraction of sp³-hybridized carbons (Fsp3) is 0.909. The molecule has 74 valence electrons. The normalized spacial score (nSPS) is 11.3. The fourth-order valence-corrected chi connectivity index (χ4v) is 0.594. The Morgan fingerprint density at radius 1 is 1.08 bits per heavy atom. The largest absolute Gasteiger partial charge is 0.303 e.